The largest absolute Gasteiger partial charge is 0.463 e. The first kappa shape index (κ1) is 16.9. The zero-order chi connectivity index (χ0) is 15.0. The summed E-state index contributed by atoms with van der Waals surface area (Å²) in [7, 11) is 0. The van der Waals surface area contributed by atoms with Crippen LogP contribution in [-0.2, 0) is 14.3 Å². The lowest BCUT2D eigenvalue weighted by Gasteiger charge is -2.08. The molecule has 0 spiro atoms. The van der Waals surface area contributed by atoms with E-state index in [1.807, 2.05) is 12.1 Å². The molecule has 1 rings (SSSR count). The van der Waals surface area contributed by atoms with Crippen LogP contribution in [0.4, 0.5) is 0 Å². The number of esters is 1. The molecule has 0 radical (unpaired) electrons. The molecular formula is C14H18ClNO3S. The molecule has 1 N–H and O–H groups in total. The molecule has 6 heteroatoms. The summed E-state index contributed by atoms with van der Waals surface area (Å²) in [6.45, 7) is 3.88. The normalized spacial score (nSPS) is 10.4. The quantitative estimate of drug-likeness (QED) is 0.621. The third-order valence-corrected chi connectivity index (χ3v) is 3.47. The Labute approximate surface area is 128 Å². The number of carbonyl (C=O) groups excluding carboxylic acids is 2. The first-order valence-electron chi connectivity index (χ1n) is 6.32. The highest BCUT2D eigenvalue weighted by Crippen LogP contribution is 2.19. The maximum atomic E-state index is 11.6. The molecule has 0 aliphatic rings. The van der Waals surface area contributed by atoms with Crippen LogP contribution in [-0.4, -0.2) is 30.3 Å². The van der Waals surface area contributed by atoms with Gasteiger partial charge in [0.15, 0.2) is 0 Å². The zero-order valence-electron chi connectivity index (χ0n) is 11.5. The molecule has 0 unspecified atom stereocenters. The summed E-state index contributed by atoms with van der Waals surface area (Å²) in [5.74, 6) is -0.103. The molecule has 1 amide bonds. The number of carbonyl (C=O) groups is 2. The lowest BCUT2D eigenvalue weighted by atomic mass is 10.4. The summed E-state index contributed by atoms with van der Waals surface area (Å²) in [6.07, 6.45) is 0.0638. The number of rotatable bonds is 7. The number of ether oxygens (including phenoxy) is 1. The van der Waals surface area contributed by atoms with Crippen LogP contribution in [0.15, 0.2) is 29.2 Å². The molecule has 110 valence electrons. The molecule has 4 nitrogen and oxygen atoms in total. The molecule has 0 saturated carbocycles. The topological polar surface area (TPSA) is 55.4 Å². The predicted octanol–water partition coefficient (Wildman–Crippen LogP) is 2.89. The minimum absolute atomic E-state index is 0.109. The lowest BCUT2D eigenvalue weighted by Crippen LogP contribution is -2.28. The first-order chi connectivity index (χ1) is 9.47. The maximum absolute atomic E-state index is 11.6. The Morgan fingerprint density at radius 3 is 2.55 bits per heavy atom. The summed E-state index contributed by atoms with van der Waals surface area (Å²) in [5, 5.41) is 3.35. The summed E-state index contributed by atoms with van der Waals surface area (Å²) < 4.78 is 4.96. The van der Waals surface area contributed by atoms with Gasteiger partial charge in [-0.1, -0.05) is 11.6 Å². The minimum Gasteiger partial charge on any atom is -0.463 e. The SMILES string of the molecule is CC(C)OC(=O)CCNC(=O)CSc1ccc(Cl)cc1. The van der Waals surface area contributed by atoms with Crippen LogP contribution in [0.3, 0.4) is 0 Å². The molecule has 20 heavy (non-hydrogen) atoms. The second kappa shape index (κ2) is 8.87. The van der Waals surface area contributed by atoms with E-state index in [0.717, 1.165) is 4.90 Å². The molecule has 0 aliphatic heterocycles. The van der Waals surface area contributed by atoms with Crippen molar-refractivity contribution in [1.29, 1.82) is 0 Å². The van der Waals surface area contributed by atoms with Gasteiger partial charge < -0.3 is 10.1 Å². The van der Waals surface area contributed by atoms with Gasteiger partial charge in [-0.15, -0.1) is 11.8 Å². The van der Waals surface area contributed by atoms with Gasteiger partial charge in [0.05, 0.1) is 18.3 Å². The van der Waals surface area contributed by atoms with Gasteiger partial charge in [-0.2, -0.15) is 0 Å². The van der Waals surface area contributed by atoms with Gasteiger partial charge in [-0.05, 0) is 38.1 Å². The van der Waals surface area contributed by atoms with Crippen LogP contribution < -0.4 is 5.32 Å². The minimum atomic E-state index is -0.300. The summed E-state index contributed by atoms with van der Waals surface area (Å²) in [4.78, 5) is 23.8. The standard InChI is InChI=1S/C14H18ClNO3S/c1-10(2)19-14(18)7-8-16-13(17)9-20-12-5-3-11(15)4-6-12/h3-6,10H,7-9H2,1-2H3,(H,16,17). The fraction of sp³-hybridized carbons (Fsp3) is 0.429. The second-order valence-electron chi connectivity index (χ2n) is 4.38. The van der Waals surface area contributed by atoms with Gasteiger partial charge in [0, 0.05) is 16.5 Å². The Bertz CT molecular complexity index is 448. The monoisotopic (exact) mass is 315 g/mol. The average Bonchev–Trinajstić information content (AvgIpc) is 2.37. The number of halogens is 1. The molecule has 0 aromatic heterocycles. The number of nitrogens with one attached hydrogen (secondary N) is 1. The van der Waals surface area contributed by atoms with E-state index >= 15 is 0 Å². The summed E-state index contributed by atoms with van der Waals surface area (Å²) >= 11 is 7.20. The van der Waals surface area contributed by atoms with Crippen LogP contribution >= 0.6 is 23.4 Å². The summed E-state index contributed by atoms with van der Waals surface area (Å²) in [6, 6.07) is 7.29. The van der Waals surface area contributed by atoms with Crippen LogP contribution in [0.1, 0.15) is 20.3 Å². The van der Waals surface area contributed by atoms with E-state index in [1.54, 1.807) is 26.0 Å². The van der Waals surface area contributed by atoms with Gasteiger partial charge in [0.1, 0.15) is 0 Å². The van der Waals surface area contributed by atoms with Crippen LogP contribution in [0.2, 0.25) is 5.02 Å². The van der Waals surface area contributed by atoms with Crippen molar-refractivity contribution in [3.63, 3.8) is 0 Å². The highest BCUT2D eigenvalue weighted by atomic mass is 35.5. The fourth-order valence-electron chi connectivity index (χ4n) is 1.36. The van der Waals surface area contributed by atoms with Gasteiger partial charge in [0.25, 0.3) is 0 Å². The van der Waals surface area contributed by atoms with Crippen molar-refractivity contribution >= 4 is 35.2 Å². The van der Waals surface area contributed by atoms with Crippen molar-refractivity contribution in [1.82, 2.24) is 5.32 Å². The number of benzene rings is 1. The first-order valence-corrected chi connectivity index (χ1v) is 7.68. The van der Waals surface area contributed by atoms with Crippen LogP contribution in [0, 0.1) is 0 Å². The Hall–Kier alpha value is -1.20. The van der Waals surface area contributed by atoms with Crippen molar-refractivity contribution in [2.24, 2.45) is 0 Å². The molecule has 0 heterocycles. The lowest BCUT2D eigenvalue weighted by molar-refractivity contribution is -0.147. The van der Waals surface area contributed by atoms with Gasteiger partial charge in [0.2, 0.25) is 5.91 Å². The van der Waals surface area contributed by atoms with Crippen molar-refractivity contribution in [2.45, 2.75) is 31.3 Å². The van der Waals surface area contributed by atoms with E-state index in [4.69, 9.17) is 16.3 Å². The molecule has 0 fully saturated rings. The highest BCUT2D eigenvalue weighted by Gasteiger charge is 2.07. The zero-order valence-corrected chi connectivity index (χ0v) is 13.1. The molecule has 0 aliphatic carbocycles. The number of thioether (sulfide) groups is 1. The van der Waals surface area contributed by atoms with Gasteiger partial charge in [-0.3, -0.25) is 9.59 Å². The van der Waals surface area contributed by atoms with Crippen molar-refractivity contribution in [2.75, 3.05) is 12.3 Å². The van der Waals surface area contributed by atoms with E-state index in [1.165, 1.54) is 11.8 Å². The Kier molecular flexibility index (Phi) is 7.47. The highest BCUT2D eigenvalue weighted by molar-refractivity contribution is 8.00. The second-order valence-corrected chi connectivity index (χ2v) is 5.87. The summed E-state index contributed by atoms with van der Waals surface area (Å²) in [5.41, 5.74) is 0. The third kappa shape index (κ3) is 7.40. The molecular weight excluding hydrogens is 298 g/mol. The number of hydrogen-bond donors (Lipinski definition) is 1. The van der Waals surface area contributed by atoms with E-state index in [0.29, 0.717) is 17.3 Å². The average molecular weight is 316 g/mol. The van der Waals surface area contributed by atoms with Crippen molar-refractivity contribution in [3.8, 4) is 0 Å². The van der Waals surface area contributed by atoms with Gasteiger partial charge >= 0.3 is 5.97 Å². The molecule has 0 bridgehead atoms. The van der Waals surface area contributed by atoms with Crippen molar-refractivity contribution in [3.05, 3.63) is 29.3 Å². The Balaban J connectivity index is 2.17. The van der Waals surface area contributed by atoms with Gasteiger partial charge in [-0.25, -0.2) is 0 Å². The number of amides is 1. The van der Waals surface area contributed by atoms with E-state index in [9.17, 15) is 9.59 Å². The molecule has 1 aromatic carbocycles. The van der Waals surface area contributed by atoms with E-state index < -0.39 is 0 Å². The molecule has 1 aromatic rings. The predicted molar refractivity (Wildman–Crippen MR) is 81.0 cm³/mol. The number of hydrogen-bond acceptors (Lipinski definition) is 4. The molecule has 0 saturated heterocycles. The fourth-order valence-corrected chi connectivity index (χ4v) is 2.21. The van der Waals surface area contributed by atoms with Crippen LogP contribution in [0.5, 0.6) is 0 Å². The van der Waals surface area contributed by atoms with E-state index in [-0.39, 0.29) is 24.4 Å². The smallest absolute Gasteiger partial charge is 0.307 e. The maximum Gasteiger partial charge on any atom is 0.307 e. The van der Waals surface area contributed by atoms with E-state index in [2.05, 4.69) is 5.32 Å². The third-order valence-electron chi connectivity index (χ3n) is 2.20. The Morgan fingerprint density at radius 2 is 1.95 bits per heavy atom. The molecule has 0 atom stereocenters. The van der Waals surface area contributed by atoms with Crippen molar-refractivity contribution < 1.29 is 14.3 Å². The Morgan fingerprint density at radius 1 is 1.30 bits per heavy atom. The van der Waals surface area contributed by atoms with Crippen LogP contribution in [0.25, 0.3) is 0 Å².